The van der Waals surface area contributed by atoms with E-state index < -0.39 is 8.07 Å². The van der Waals surface area contributed by atoms with Crippen molar-refractivity contribution < 1.29 is 28.9 Å². The van der Waals surface area contributed by atoms with Gasteiger partial charge >= 0.3 is 0 Å². The topological polar surface area (TPSA) is 107 Å². The number of fused-ring (bicyclic) bond motifs is 7. The zero-order chi connectivity index (χ0) is 46.7. The van der Waals surface area contributed by atoms with Crippen molar-refractivity contribution >= 4 is 68.3 Å². The van der Waals surface area contributed by atoms with Crippen molar-refractivity contribution in [2.75, 3.05) is 0 Å². The maximum absolute atomic E-state index is 9.43. The van der Waals surface area contributed by atoms with Crippen LogP contribution in [0.1, 0.15) is 22.4 Å². The first kappa shape index (κ1) is 45.0. The Bertz CT molecular complexity index is 3930. The van der Waals surface area contributed by atoms with Crippen LogP contribution in [0.15, 0.2) is 167 Å². The van der Waals surface area contributed by atoms with E-state index >= 15 is 0 Å². The zero-order valence-electron chi connectivity index (χ0n) is 38.8. The molecule has 0 atom stereocenters. The first-order valence-electron chi connectivity index (χ1n) is 22.6. The van der Waals surface area contributed by atoms with Crippen LogP contribution in [-0.2, 0) is 20.1 Å². The van der Waals surface area contributed by atoms with E-state index in [2.05, 4.69) is 151 Å². The van der Waals surface area contributed by atoms with Crippen molar-refractivity contribution in [3.8, 4) is 56.7 Å². The Labute approximate surface area is 414 Å². The van der Waals surface area contributed by atoms with Gasteiger partial charge in [-0.1, -0.05) is 98.0 Å². The van der Waals surface area contributed by atoms with Gasteiger partial charge < -0.3 is 23.4 Å². The predicted molar refractivity (Wildman–Crippen MR) is 277 cm³/mol. The third-order valence-electron chi connectivity index (χ3n) is 12.5. The van der Waals surface area contributed by atoms with Crippen molar-refractivity contribution in [3.63, 3.8) is 0 Å². The number of imidazole rings is 1. The molecule has 0 saturated heterocycles. The fourth-order valence-electron chi connectivity index (χ4n) is 9.32. The molecule has 0 aliphatic heterocycles. The summed E-state index contributed by atoms with van der Waals surface area (Å²) in [6.45, 7) is 13.3. The summed E-state index contributed by atoms with van der Waals surface area (Å²) in [7, 11) is -1.63. The minimum atomic E-state index is -1.63. The van der Waals surface area contributed by atoms with Crippen LogP contribution in [0.5, 0.6) is 0 Å². The number of benzene rings is 6. The number of hydrogen-bond donors (Lipinski definition) is 0. The SMILES string of the molecule is C[Si](C)(C)c1cnc(-c2[c-]cccc2)cc1-c1cccc2c1oc1ccccc12.Cc1cc2nc(-c3[c-]nc4oc5ccc(C#N)cc5c4c3)n(-c3c(C)cc(-c4ccccc4)cc3C)c2cn1.[Ir]. The number of rotatable bonds is 6. The second kappa shape index (κ2) is 18.0. The molecule has 6 aromatic carbocycles. The van der Waals surface area contributed by atoms with Gasteiger partial charge in [0.25, 0.3) is 0 Å². The molecule has 8 nitrogen and oxygen atoms in total. The van der Waals surface area contributed by atoms with E-state index in [1.54, 1.807) is 12.1 Å². The number of pyridine rings is 3. The van der Waals surface area contributed by atoms with Crippen LogP contribution < -0.4 is 5.19 Å². The summed E-state index contributed by atoms with van der Waals surface area (Å²) in [5.41, 5.74) is 16.9. The van der Waals surface area contributed by atoms with Gasteiger partial charge in [-0.2, -0.15) is 5.26 Å². The smallest absolute Gasteiger partial charge is 0.143 e. The fraction of sp³-hybridized carbons (Fsp3) is 0.102. The Kier molecular flexibility index (Phi) is 11.8. The predicted octanol–water partition coefficient (Wildman–Crippen LogP) is 14.3. The molecule has 0 N–H and O–H groups in total. The molecule has 1 radical (unpaired) electrons. The van der Waals surface area contributed by atoms with Crippen LogP contribution in [0, 0.1) is 44.4 Å². The molecule has 0 unspecified atom stereocenters. The van der Waals surface area contributed by atoms with Crippen molar-refractivity contribution in [3.05, 3.63) is 193 Å². The molecule has 0 bridgehead atoms. The van der Waals surface area contributed by atoms with Crippen LogP contribution in [0.4, 0.5) is 0 Å². The second-order valence-corrected chi connectivity index (χ2v) is 23.3. The minimum absolute atomic E-state index is 0. The molecule has 337 valence electrons. The summed E-state index contributed by atoms with van der Waals surface area (Å²) in [5, 5.41) is 14.7. The quantitative estimate of drug-likeness (QED) is 0.121. The Morgan fingerprint density at radius 1 is 0.638 bits per heavy atom. The molecule has 0 aliphatic carbocycles. The third kappa shape index (κ3) is 8.25. The summed E-state index contributed by atoms with van der Waals surface area (Å²) in [4.78, 5) is 19.0. The largest absolute Gasteiger partial charge is 0.483 e. The van der Waals surface area contributed by atoms with E-state index in [1.165, 1.54) is 21.9 Å². The summed E-state index contributed by atoms with van der Waals surface area (Å²) >= 11 is 0. The summed E-state index contributed by atoms with van der Waals surface area (Å²) in [5.74, 6) is 0.719. The van der Waals surface area contributed by atoms with Crippen LogP contribution in [0.2, 0.25) is 19.6 Å². The first-order chi connectivity index (χ1) is 33.0. The molecule has 69 heavy (non-hydrogen) atoms. The number of para-hydroxylation sites is 2. The average Bonchev–Trinajstić information content (AvgIpc) is 4.05. The summed E-state index contributed by atoms with van der Waals surface area (Å²) in [6, 6.07) is 54.6. The Morgan fingerprint density at radius 2 is 1.39 bits per heavy atom. The molecule has 10 heteroatoms. The van der Waals surface area contributed by atoms with Gasteiger partial charge in [-0.05, 0) is 114 Å². The van der Waals surface area contributed by atoms with Gasteiger partial charge in [-0.15, -0.1) is 42.0 Å². The molecule has 0 saturated carbocycles. The zero-order valence-corrected chi connectivity index (χ0v) is 42.2. The van der Waals surface area contributed by atoms with Gasteiger partial charge in [-0.3, -0.25) is 9.97 Å². The van der Waals surface area contributed by atoms with E-state index in [9.17, 15) is 5.26 Å². The standard InChI is InChI=1S/C33H22N5O.C26H22NOSi.Ir/c1-19-11-24(23-7-5-4-6-8-23)12-20(2)31(19)38-29-18-35-21(3)13-28(29)37-32(38)25-15-27-26-14-22(16-34)9-10-30(26)39-33(27)36-17-25;1-29(2,3)25-17-27-23(18-10-5-4-6-11-18)16-22(25)21-14-9-13-20-19-12-7-8-15-24(19)28-26(20)21;/h4-15,18H,1-3H3;4-10,12-17H,1-3H3;/q2*-1;. The van der Waals surface area contributed by atoms with Crippen molar-refractivity contribution in [2.24, 2.45) is 0 Å². The van der Waals surface area contributed by atoms with Gasteiger partial charge in [-0.25, -0.2) is 0 Å². The van der Waals surface area contributed by atoms with E-state index in [-0.39, 0.29) is 20.1 Å². The fourth-order valence-corrected chi connectivity index (χ4v) is 10.8. The van der Waals surface area contributed by atoms with Gasteiger partial charge in [0.1, 0.15) is 22.5 Å². The van der Waals surface area contributed by atoms with Crippen molar-refractivity contribution in [1.29, 1.82) is 5.26 Å². The normalized spacial score (nSPS) is 11.5. The number of aryl methyl sites for hydroxylation is 3. The monoisotopic (exact) mass is 1090 g/mol. The van der Waals surface area contributed by atoms with E-state index in [4.69, 9.17) is 18.8 Å². The molecular weight excluding hydrogens is 1040 g/mol. The van der Waals surface area contributed by atoms with Crippen LogP contribution in [-0.4, -0.2) is 32.6 Å². The molecule has 6 aromatic heterocycles. The van der Waals surface area contributed by atoms with Gasteiger partial charge in [0.05, 0.1) is 42.8 Å². The number of hydrogen-bond acceptors (Lipinski definition) is 7. The Balaban J connectivity index is 0.000000165. The van der Waals surface area contributed by atoms with Gasteiger partial charge in [0.15, 0.2) is 0 Å². The minimum Gasteiger partial charge on any atom is -0.483 e. The molecule has 6 heterocycles. The number of nitrogens with zero attached hydrogens (tertiary/aromatic N) is 6. The van der Waals surface area contributed by atoms with Crippen molar-refractivity contribution in [1.82, 2.24) is 24.5 Å². The molecule has 12 rings (SSSR count). The number of aromatic nitrogens is 5. The molecule has 0 spiro atoms. The molecule has 12 aromatic rings. The van der Waals surface area contributed by atoms with E-state index in [0.29, 0.717) is 16.9 Å². The van der Waals surface area contributed by atoms with Crippen LogP contribution in [0.25, 0.3) is 106 Å². The number of furan rings is 2. The second-order valence-electron chi connectivity index (χ2n) is 18.3. The maximum atomic E-state index is 9.43. The first-order valence-corrected chi connectivity index (χ1v) is 26.1. The maximum Gasteiger partial charge on any atom is 0.143 e. The number of nitriles is 1. The molecule has 0 amide bonds. The third-order valence-corrected chi connectivity index (χ3v) is 14.5. The van der Waals surface area contributed by atoms with Crippen molar-refractivity contribution in [2.45, 2.75) is 40.4 Å². The van der Waals surface area contributed by atoms with Gasteiger partial charge in [0, 0.05) is 59.4 Å². The van der Waals surface area contributed by atoms with Crippen LogP contribution >= 0.6 is 0 Å². The summed E-state index contributed by atoms with van der Waals surface area (Å²) < 4.78 is 14.4. The van der Waals surface area contributed by atoms with E-state index in [1.807, 2.05) is 67.7 Å². The van der Waals surface area contributed by atoms with Crippen LogP contribution in [0.3, 0.4) is 0 Å². The van der Waals surface area contributed by atoms with Gasteiger partial charge in [0.2, 0.25) is 0 Å². The summed E-state index contributed by atoms with van der Waals surface area (Å²) in [6.07, 6.45) is 7.11. The molecule has 0 fully saturated rings. The Morgan fingerprint density at radius 3 is 2.16 bits per heavy atom. The molecular formula is C59H44IrN6O2Si-2. The molecule has 0 aliphatic rings. The Hall–Kier alpha value is -7.80. The van der Waals surface area contributed by atoms with E-state index in [0.717, 1.165) is 94.5 Å². The average molecular weight is 1090 g/mol.